The zero-order chi connectivity index (χ0) is 49.2. The van der Waals surface area contributed by atoms with E-state index in [1.807, 2.05) is 11.9 Å². The summed E-state index contributed by atoms with van der Waals surface area (Å²) in [7, 11) is 1.92. The molecule has 0 fully saturated rings. The molecule has 0 radical (unpaired) electrons. The highest BCUT2D eigenvalue weighted by atomic mass is 16.7. The summed E-state index contributed by atoms with van der Waals surface area (Å²) in [5.41, 5.74) is -0.120. The molecule has 0 bridgehead atoms. The molecule has 6 N–H and O–H groups in total. The van der Waals surface area contributed by atoms with Crippen molar-refractivity contribution in [1.82, 2.24) is 15.5 Å². The van der Waals surface area contributed by atoms with Crippen molar-refractivity contribution in [2.75, 3.05) is 72.9 Å². The lowest BCUT2D eigenvalue weighted by atomic mass is 9.98. The molecule has 0 aromatic rings. The molecule has 0 aliphatic carbocycles. The molecule has 0 saturated heterocycles. The molecule has 1 aliphatic rings. The van der Waals surface area contributed by atoms with Gasteiger partial charge in [0.15, 0.2) is 11.9 Å². The molecule has 0 spiro atoms. The van der Waals surface area contributed by atoms with Gasteiger partial charge in [0.25, 0.3) is 0 Å². The second-order valence-corrected chi connectivity index (χ2v) is 18.4. The number of hydrogen-bond acceptors (Lipinski definition) is 12. The predicted molar refractivity (Wildman–Crippen MR) is 268 cm³/mol. The monoisotopic (exact) mass is 952 g/mol. The zero-order valence-electron chi connectivity index (χ0n) is 42.7. The normalized spacial score (nSPS) is 18.0. The van der Waals surface area contributed by atoms with E-state index in [4.69, 9.17) is 23.7 Å². The molecule has 0 saturated carbocycles. The lowest BCUT2D eigenvalue weighted by Crippen LogP contribution is -2.50. The summed E-state index contributed by atoms with van der Waals surface area (Å²) in [6.07, 6.45) is 35.9. The molecule has 1 aliphatic heterocycles. The standard InChI is InChI=1S/C53H97N3O11/c1-6-8-10-12-14-16-18-19-20-21-22-24-26-28-30-32-34-53(62,33-31-29-27-25-23-17-15-13-11-9-7-2)66-44-45(3)41-56(5)42-48(59)54-35-36-63-37-38-64-39-40-65-52-49(55-46(4)58)51(61)50(60)47(43-57)67-52/h11,13-14,16,19-20,45,47,50-51,57,60-62H,6-10,12,15,17-18,21-44H2,1-5H3,(H,54,59)(H,55,58)/b13-11-,16-14-,20-19-/t45-,47?,50-,51?,53?/m0/s1. The van der Waals surface area contributed by atoms with E-state index < -0.39 is 36.6 Å². The lowest BCUT2D eigenvalue weighted by molar-refractivity contribution is -0.219. The summed E-state index contributed by atoms with van der Waals surface area (Å²) >= 11 is 0. The smallest absolute Gasteiger partial charge is 0.303 e. The van der Waals surface area contributed by atoms with Crippen LogP contribution in [0.25, 0.3) is 0 Å². The summed E-state index contributed by atoms with van der Waals surface area (Å²) in [6, 6.07) is 0. The maximum Gasteiger partial charge on any atom is 0.303 e. The summed E-state index contributed by atoms with van der Waals surface area (Å²) in [4.78, 5) is 26.2. The number of likely N-dealkylation sites (N-methyl/N-ethyl adjacent to an activating group) is 1. The Bertz CT molecular complexity index is 1340. The van der Waals surface area contributed by atoms with Gasteiger partial charge in [-0.05, 0) is 77.2 Å². The summed E-state index contributed by atoms with van der Waals surface area (Å²) in [6.45, 7) is 9.95. The second kappa shape index (κ2) is 42.1. The van der Waals surface area contributed by atoms with Crippen molar-refractivity contribution in [3.05, 3.63) is 48.1 Å². The van der Waals surface area contributed by atoms with Crippen LogP contribution >= 0.6 is 0 Å². The molecule has 2 amide bonds. The van der Waals surface area contributed by atoms with Gasteiger partial charge in [0.1, 0.15) is 24.5 Å². The third-order valence-corrected chi connectivity index (χ3v) is 11.6. The minimum absolute atomic E-state index is 0.0174. The van der Waals surface area contributed by atoms with E-state index in [-0.39, 0.29) is 49.8 Å². The fourth-order valence-electron chi connectivity index (χ4n) is 7.79. The van der Waals surface area contributed by atoms with Crippen LogP contribution < -0.4 is 10.6 Å². The van der Waals surface area contributed by atoms with Gasteiger partial charge in [0.2, 0.25) is 11.8 Å². The Labute approximate surface area is 406 Å². The highest BCUT2D eigenvalue weighted by molar-refractivity contribution is 5.78. The third kappa shape index (κ3) is 34.2. The average Bonchev–Trinajstić information content (AvgIpc) is 3.30. The lowest BCUT2D eigenvalue weighted by Gasteiger charge is -2.34. The number of allylic oxidation sites excluding steroid dienone is 6. The van der Waals surface area contributed by atoms with Gasteiger partial charge < -0.3 is 54.7 Å². The van der Waals surface area contributed by atoms with Gasteiger partial charge in [-0.1, -0.05) is 128 Å². The molecule has 1 rings (SSSR count). The first-order valence-electron chi connectivity index (χ1n) is 26.2. The highest BCUT2D eigenvalue weighted by Gasteiger charge is 2.39. The van der Waals surface area contributed by atoms with Crippen LogP contribution in [0.2, 0.25) is 0 Å². The minimum Gasteiger partial charge on any atom is -0.462 e. The van der Waals surface area contributed by atoms with E-state index in [1.165, 1.54) is 103 Å². The Morgan fingerprint density at radius 3 is 1.87 bits per heavy atom. The van der Waals surface area contributed by atoms with E-state index in [0.29, 0.717) is 45.8 Å². The molecule has 3 unspecified atom stereocenters. The third-order valence-electron chi connectivity index (χ3n) is 11.6. The molecule has 14 nitrogen and oxygen atoms in total. The van der Waals surface area contributed by atoms with Crippen molar-refractivity contribution in [3.8, 4) is 0 Å². The summed E-state index contributed by atoms with van der Waals surface area (Å²) in [5, 5.41) is 46.9. The Morgan fingerprint density at radius 2 is 1.28 bits per heavy atom. The molecule has 14 heteroatoms. The molecule has 0 aromatic heterocycles. The van der Waals surface area contributed by atoms with Gasteiger partial charge in [-0.25, -0.2) is 0 Å². The van der Waals surface area contributed by atoms with Crippen molar-refractivity contribution < 1.29 is 53.7 Å². The molecule has 1 heterocycles. The Hall–Kier alpha value is -2.82. The van der Waals surface area contributed by atoms with Gasteiger partial charge in [0.05, 0.1) is 46.2 Å². The number of carbonyl (C=O) groups excluding carboxylic acids is 2. The molecular weight excluding hydrogens is 855 g/mol. The van der Waals surface area contributed by atoms with E-state index >= 15 is 0 Å². The molecule has 5 atom stereocenters. The Morgan fingerprint density at radius 1 is 0.746 bits per heavy atom. The number of aliphatic hydroxyl groups is 4. The van der Waals surface area contributed by atoms with Crippen LogP contribution in [0.5, 0.6) is 0 Å². The van der Waals surface area contributed by atoms with Crippen molar-refractivity contribution in [2.45, 2.75) is 199 Å². The largest absolute Gasteiger partial charge is 0.462 e. The van der Waals surface area contributed by atoms with E-state index in [2.05, 4.69) is 67.9 Å². The first kappa shape index (κ1) is 62.2. The van der Waals surface area contributed by atoms with E-state index in [9.17, 15) is 30.0 Å². The van der Waals surface area contributed by atoms with Crippen LogP contribution in [0.3, 0.4) is 0 Å². The van der Waals surface area contributed by atoms with Crippen LogP contribution in [0.4, 0.5) is 0 Å². The first-order chi connectivity index (χ1) is 32.5. The minimum atomic E-state index is -1.50. The number of nitrogens with zero attached hydrogens (tertiary/aromatic N) is 1. The van der Waals surface area contributed by atoms with Gasteiger partial charge in [0, 0.05) is 32.9 Å². The van der Waals surface area contributed by atoms with Crippen LogP contribution in [0, 0.1) is 5.92 Å². The number of carbonyl (C=O) groups is 2. The molecular formula is C53H97N3O11. The molecule has 67 heavy (non-hydrogen) atoms. The van der Waals surface area contributed by atoms with Crippen LogP contribution in [-0.2, 0) is 33.3 Å². The summed E-state index contributed by atoms with van der Waals surface area (Å²) < 4.78 is 28.3. The first-order valence-corrected chi connectivity index (χ1v) is 26.2. The van der Waals surface area contributed by atoms with E-state index in [0.717, 1.165) is 38.5 Å². The molecule has 0 aromatic carbocycles. The number of unbranched alkanes of at least 4 members (excludes halogenated alkanes) is 16. The van der Waals surface area contributed by atoms with Crippen molar-refractivity contribution >= 4 is 11.8 Å². The topological polar surface area (TPSA) is 189 Å². The highest BCUT2D eigenvalue weighted by Crippen LogP contribution is 2.27. The average molecular weight is 952 g/mol. The summed E-state index contributed by atoms with van der Waals surface area (Å²) in [5.74, 6) is -1.77. The van der Waals surface area contributed by atoms with Crippen LogP contribution in [0.15, 0.2) is 48.1 Å². The van der Waals surface area contributed by atoms with Gasteiger partial charge in [-0.15, -0.1) is 0 Å². The quantitative estimate of drug-likeness (QED) is 0.0194. The fourth-order valence-corrected chi connectivity index (χ4v) is 7.79. The van der Waals surface area contributed by atoms with E-state index in [1.54, 1.807) is 0 Å². The Kier molecular flexibility index (Phi) is 39.1. The second-order valence-electron chi connectivity index (χ2n) is 18.4. The number of rotatable bonds is 45. The van der Waals surface area contributed by atoms with Gasteiger partial charge in [-0.2, -0.15) is 0 Å². The van der Waals surface area contributed by atoms with Gasteiger partial charge >= 0.3 is 5.95 Å². The Balaban J connectivity index is 2.36. The van der Waals surface area contributed by atoms with Crippen molar-refractivity contribution in [3.63, 3.8) is 0 Å². The predicted octanol–water partition coefficient (Wildman–Crippen LogP) is 8.52. The van der Waals surface area contributed by atoms with Crippen molar-refractivity contribution in [1.29, 1.82) is 0 Å². The zero-order valence-corrected chi connectivity index (χ0v) is 42.7. The number of hydrogen-bond donors (Lipinski definition) is 6. The van der Waals surface area contributed by atoms with Crippen molar-refractivity contribution in [2.24, 2.45) is 5.92 Å². The van der Waals surface area contributed by atoms with Gasteiger partial charge in [-0.3, -0.25) is 14.5 Å². The number of nitrogens with one attached hydrogen (secondary N) is 2. The van der Waals surface area contributed by atoms with Crippen LogP contribution in [0.1, 0.15) is 175 Å². The van der Waals surface area contributed by atoms with Crippen LogP contribution in [-0.4, -0.2) is 134 Å². The fraction of sp³-hybridized carbons (Fsp3) is 0.811. The molecule has 390 valence electrons. The number of ether oxygens (including phenoxy) is 5. The maximum atomic E-state index is 12.7. The maximum absolute atomic E-state index is 12.7. The number of aliphatic hydroxyl groups excluding tert-OH is 3. The number of amides is 2. The SMILES string of the molecule is CCC/C=C\CCCCCCCCC(O)(CCCCCCCC/C=C\C/C=C\CCCCC)OC[C@@H](C)CN(C)CC(=O)NCCOCCOCCOC1=C(NC(C)=O)C(O)[C@@H](O)C(CO)O1.